The van der Waals surface area contributed by atoms with E-state index in [1.165, 1.54) is 6.92 Å². The van der Waals surface area contributed by atoms with Crippen LogP contribution in [0.4, 0.5) is 0 Å². The van der Waals surface area contributed by atoms with Gasteiger partial charge in [-0.15, -0.1) is 5.10 Å². The van der Waals surface area contributed by atoms with Gasteiger partial charge < -0.3 is 4.74 Å². The number of pyridine rings is 1. The van der Waals surface area contributed by atoms with E-state index >= 15 is 0 Å². The van der Waals surface area contributed by atoms with E-state index in [1.54, 1.807) is 59.4 Å². The van der Waals surface area contributed by atoms with Crippen LogP contribution in [0, 0.1) is 0 Å². The van der Waals surface area contributed by atoms with Crippen LogP contribution in [0.15, 0.2) is 77.8 Å². The summed E-state index contributed by atoms with van der Waals surface area (Å²) >= 11 is 6.38. The molecule has 0 saturated heterocycles. The van der Waals surface area contributed by atoms with Gasteiger partial charge in [0.15, 0.2) is 9.84 Å². The van der Waals surface area contributed by atoms with E-state index in [-0.39, 0.29) is 10.8 Å². The Morgan fingerprint density at radius 3 is 2.47 bits per heavy atom. The lowest BCUT2D eigenvalue weighted by Crippen LogP contribution is -2.04. The van der Waals surface area contributed by atoms with E-state index in [1.807, 2.05) is 18.2 Å². The van der Waals surface area contributed by atoms with Gasteiger partial charge in [0.2, 0.25) is 5.88 Å². The second kappa shape index (κ2) is 8.57. The number of aromatic nitrogens is 3. The molecule has 0 aliphatic carbocycles. The molecule has 0 unspecified atom stereocenters. The molecule has 0 bridgehead atoms. The summed E-state index contributed by atoms with van der Waals surface area (Å²) in [5.41, 5.74) is 3.23. The van der Waals surface area contributed by atoms with Gasteiger partial charge in [-0.2, -0.15) is 0 Å². The molecule has 0 spiro atoms. The van der Waals surface area contributed by atoms with Crippen LogP contribution in [0.3, 0.4) is 0 Å². The first-order valence-corrected chi connectivity index (χ1v) is 11.8. The second-order valence-corrected chi connectivity index (χ2v) is 9.48. The molecular weight excluding hydrogens is 450 g/mol. The van der Waals surface area contributed by atoms with Crippen LogP contribution >= 0.6 is 11.6 Å². The molecule has 7 nitrogen and oxygen atoms in total. The van der Waals surface area contributed by atoms with Crippen LogP contribution < -0.4 is 4.74 Å². The highest BCUT2D eigenvalue weighted by atomic mass is 35.5. The van der Waals surface area contributed by atoms with E-state index < -0.39 is 15.8 Å². The maximum atomic E-state index is 11.9. The summed E-state index contributed by atoms with van der Waals surface area (Å²) in [6, 6.07) is 19.0. The SMILES string of the molecule is CC(=O)Oc1cc(-c2ccccc2Cl)n(-c2ccc(-c3cccc(S(C)(=O)=O)c3)nc2)n1. The highest BCUT2D eigenvalue weighted by Gasteiger charge is 2.17. The molecule has 0 aliphatic heterocycles. The van der Waals surface area contributed by atoms with E-state index in [0.717, 1.165) is 6.26 Å². The Labute approximate surface area is 190 Å². The number of carbonyl (C=O) groups is 1. The lowest BCUT2D eigenvalue weighted by atomic mass is 10.1. The zero-order valence-corrected chi connectivity index (χ0v) is 18.8. The Morgan fingerprint density at radius 1 is 1.03 bits per heavy atom. The van der Waals surface area contributed by atoms with Crippen molar-refractivity contribution in [2.75, 3.05) is 6.26 Å². The summed E-state index contributed by atoms with van der Waals surface area (Å²) in [6.45, 7) is 1.30. The van der Waals surface area contributed by atoms with Crippen molar-refractivity contribution < 1.29 is 17.9 Å². The molecule has 32 heavy (non-hydrogen) atoms. The number of ether oxygens (including phenoxy) is 1. The molecule has 0 amide bonds. The first-order valence-electron chi connectivity index (χ1n) is 9.53. The fourth-order valence-corrected chi connectivity index (χ4v) is 4.08. The molecule has 2 heterocycles. The van der Waals surface area contributed by atoms with Gasteiger partial charge in [-0.1, -0.05) is 41.9 Å². The Balaban J connectivity index is 1.77. The van der Waals surface area contributed by atoms with Gasteiger partial charge in [-0.25, -0.2) is 13.1 Å². The molecular formula is C23H18ClN3O4S. The van der Waals surface area contributed by atoms with Gasteiger partial charge in [0.05, 0.1) is 28.2 Å². The third kappa shape index (κ3) is 4.56. The topological polar surface area (TPSA) is 91.2 Å². The first kappa shape index (κ1) is 21.7. The van der Waals surface area contributed by atoms with Crippen LogP contribution in [0.25, 0.3) is 28.2 Å². The third-order valence-electron chi connectivity index (χ3n) is 4.64. The average molecular weight is 468 g/mol. The van der Waals surface area contributed by atoms with Crippen molar-refractivity contribution in [1.82, 2.24) is 14.8 Å². The molecule has 2 aromatic carbocycles. The number of hydrogen-bond donors (Lipinski definition) is 0. The van der Waals surface area contributed by atoms with Gasteiger partial charge in [0.1, 0.15) is 0 Å². The Morgan fingerprint density at radius 2 is 1.81 bits per heavy atom. The van der Waals surface area contributed by atoms with Gasteiger partial charge in [0.25, 0.3) is 0 Å². The van der Waals surface area contributed by atoms with Crippen molar-refractivity contribution in [3.05, 3.63) is 77.9 Å². The van der Waals surface area contributed by atoms with Crippen LogP contribution in [0.1, 0.15) is 6.92 Å². The monoisotopic (exact) mass is 467 g/mol. The zero-order valence-electron chi connectivity index (χ0n) is 17.2. The zero-order chi connectivity index (χ0) is 22.9. The molecule has 2 aromatic heterocycles. The lowest BCUT2D eigenvalue weighted by Gasteiger charge is -2.09. The molecule has 0 N–H and O–H groups in total. The fraction of sp³-hybridized carbons (Fsp3) is 0.0870. The Bertz CT molecular complexity index is 1410. The fourth-order valence-electron chi connectivity index (χ4n) is 3.18. The van der Waals surface area contributed by atoms with Gasteiger partial charge in [0, 0.05) is 35.4 Å². The van der Waals surface area contributed by atoms with Crippen LogP contribution in [-0.4, -0.2) is 35.4 Å². The van der Waals surface area contributed by atoms with E-state index in [2.05, 4.69) is 10.1 Å². The molecule has 0 radical (unpaired) electrons. The third-order valence-corrected chi connectivity index (χ3v) is 6.08. The molecule has 4 aromatic rings. The molecule has 0 fully saturated rings. The van der Waals surface area contributed by atoms with E-state index in [9.17, 15) is 13.2 Å². The van der Waals surface area contributed by atoms with Crippen molar-refractivity contribution in [2.24, 2.45) is 0 Å². The summed E-state index contributed by atoms with van der Waals surface area (Å²) < 4.78 is 30.5. The Hall–Kier alpha value is -3.49. The minimum Gasteiger partial charge on any atom is -0.406 e. The molecule has 162 valence electrons. The summed E-state index contributed by atoms with van der Waals surface area (Å²) in [5, 5.41) is 4.90. The maximum absolute atomic E-state index is 11.9. The van der Waals surface area contributed by atoms with E-state index in [0.29, 0.717) is 33.2 Å². The molecule has 4 rings (SSSR count). The summed E-state index contributed by atoms with van der Waals surface area (Å²) in [4.78, 5) is 16.1. The predicted octanol–water partition coefficient (Wildman–Crippen LogP) is 4.58. The molecule has 0 aliphatic rings. The minimum absolute atomic E-state index is 0.136. The summed E-state index contributed by atoms with van der Waals surface area (Å²) in [6.07, 6.45) is 2.77. The van der Waals surface area contributed by atoms with Gasteiger partial charge >= 0.3 is 5.97 Å². The summed E-state index contributed by atoms with van der Waals surface area (Å²) in [5.74, 6) is -0.350. The first-order chi connectivity index (χ1) is 15.2. The van der Waals surface area contributed by atoms with Crippen molar-refractivity contribution in [1.29, 1.82) is 0 Å². The quantitative estimate of drug-likeness (QED) is 0.399. The number of benzene rings is 2. The molecule has 0 atom stereocenters. The smallest absolute Gasteiger partial charge is 0.309 e. The summed E-state index contributed by atoms with van der Waals surface area (Å²) in [7, 11) is -3.33. The number of rotatable bonds is 5. The number of hydrogen-bond acceptors (Lipinski definition) is 6. The van der Waals surface area contributed by atoms with Crippen LogP contribution in [0.2, 0.25) is 5.02 Å². The number of sulfone groups is 1. The largest absolute Gasteiger partial charge is 0.406 e. The van der Waals surface area contributed by atoms with Crippen molar-refractivity contribution >= 4 is 27.4 Å². The van der Waals surface area contributed by atoms with Crippen molar-refractivity contribution in [2.45, 2.75) is 11.8 Å². The molecule has 9 heteroatoms. The average Bonchev–Trinajstić information content (AvgIpc) is 3.16. The number of halogens is 1. The van der Waals surface area contributed by atoms with Gasteiger partial charge in [-0.3, -0.25) is 9.78 Å². The van der Waals surface area contributed by atoms with Crippen molar-refractivity contribution in [3.8, 4) is 34.1 Å². The highest BCUT2D eigenvalue weighted by molar-refractivity contribution is 7.90. The minimum atomic E-state index is -3.33. The standard InChI is InChI=1S/C23H18ClN3O4S/c1-15(28)31-23-13-22(19-8-3-4-9-20(19)24)27(26-23)17-10-11-21(25-14-17)16-6-5-7-18(12-16)32(2,29)30/h3-14H,1-2H3. The number of carbonyl (C=O) groups excluding carboxylic acids is 1. The highest BCUT2D eigenvalue weighted by Crippen LogP contribution is 2.32. The normalized spacial score (nSPS) is 11.3. The van der Waals surface area contributed by atoms with Gasteiger partial charge in [-0.05, 0) is 30.3 Å². The predicted molar refractivity (Wildman–Crippen MR) is 122 cm³/mol. The van der Waals surface area contributed by atoms with E-state index in [4.69, 9.17) is 16.3 Å². The van der Waals surface area contributed by atoms with Crippen LogP contribution in [0.5, 0.6) is 5.88 Å². The van der Waals surface area contributed by atoms with Crippen molar-refractivity contribution in [3.63, 3.8) is 0 Å². The van der Waals surface area contributed by atoms with Crippen LogP contribution in [-0.2, 0) is 14.6 Å². The number of nitrogens with zero attached hydrogens (tertiary/aromatic N) is 3. The molecule has 0 saturated carbocycles. The Kier molecular flexibility index (Phi) is 5.82. The lowest BCUT2D eigenvalue weighted by molar-refractivity contribution is -0.132. The number of esters is 1. The second-order valence-electron chi connectivity index (χ2n) is 7.05. The maximum Gasteiger partial charge on any atom is 0.309 e.